The Bertz CT molecular complexity index is 925. The highest BCUT2D eigenvalue weighted by Gasteiger charge is 2.20. The van der Waals surface area contributed by atoms with Crippen LogP contribution in [0.3, 0.4) is 0 Å². The van der Waals surface area contributed by atoms with Crippen LogP contribution in [0.1, 0.15) is 13.3 Å². The van der Waals surface area contributed by atoms with Crippen LogP contribution in [0.2, 0.25) is 0 Å². The minimum Gasteiger partial charge on any atom is -0.383 e. The molecule has 0 saturated carbocycles. The van der Waals surface area contributed by atoms with Crippen molar-refractivity contribution >= 4 is 39.2 Å². The largest absolute Gasteiger partial charge is 0.383 e. The molecule has 134 valence electrons. The molecule has 1 heterocycles. The van der Waals surface area contributed by atoms with Gasteiger partial charge in [-0.1, -0.05) is 18.7 Å². The smallest absolute Gasteiger partial charge is 0.253 e. The highest BCUT2D eigenvalue weighted by Crippen LogP contribution is 2.23. The average molecular weight is 383 g/mol. The van der Waals surface area contributed by atoms with Crippen molar-refractivity contribution < 1.29 is 13.2 Å². The van der Waals surface area contributed by atoms with Gasteiger partial charge in [-0.05, 0) is 30.7 Å². The Kier molecular flexibility index (Phi) is 5.82. The molecule has 0 aliphatic heterocycles. The average Bonchev–Trinajstić information content (AvgIpc) is 2.51. The molecule has 1 atom stereocenters. The van der Waals surface area contributed by atoms with Gasteiger partial charge in [0.2, 0.25) is 15.9 Å². The number of rotatable bonds is 6. The van der Waals surface area contributed by atoms with Crippen molar-refractivity contribution in [1.29, 1.82) is 0 Å². The predicted octanol–water partition coefficient (Wildman–Crippen LogP) is 0.509. The Hall–Kier alpha value is -2.37. The molecule has 1 aromatic heterocycles. The van der Waals surface area contributed by atoms with Gasteiger partial charge >= 0.3 is 0 Å². The third kappa shape index (κ3) is 5.31. The predicted molar refractivity (Wildman–Crippen MR) is 95.7 cm³/mol. The molecule has 1 amide bonds. The molecule has 0 fully saturated rings. The first-order valence-electron chi connectivity index (χ1n) is 7.16. The minimum absolute atomic E-state index is 0.0477. The summed E-state index contributed by atoms with van der Waals surface area (Å²) in [6.45, 7) is 1.81. The van der Waals surface area contributed by atoms with Crippen molar-refractivity contribution in [2.24, 2.45) is 5.14 Å². The number of anilines is 2. The van der Waals surface area contributed by atoms with Crippen molar-refractivity contribution in [3.05, 3.63) is 40.7 Å². The first-order valence-corrected chi connectivity index (χ1v) is 9.59. The molecule has 25 heavy (non-hydrogen) atoms. The molecule has 11 heteroatoms. The maximum atomic E-state index is 12.4. The fourth-order valence-corrected chi connectivity index (χ4v) is 3.35. The van der Waals surface area contributed by atoms with Crippen LogP contribution >= 0.6 is 11.8 Å². The third-order valence-electron chi connectivity index (χ3n) is 3.11. The Balaban J connectivity index is 2.10. The number of aromatic nitrogens is 2. The van der Waals surface area contributed by atoms with Crippen molar-refractivity contribution in [3.63, 3.8) is 0 Å². The molecular weight excluding hydrogens is 366 g/mol. The number of carbonyl (C=O) groups excluding carboxylic acids is 1. The summed E-state index contributed by atoms with van der Waals surface area (Å²) in [7, 11) is -3.79. The number of benzene rings is 1. The maximum absolute atomic E-state index is 12.4. The van der Waals surface area contributed by atoms with Gasteiger partial charge in [-0.2, -0.15) is 0 Å². The van der Waals surface area contributed by atoms with Gasteiger partial charge in [0, 0.05) is 11.8 Å². The van der Waals surface area contributed by atoms with Gasteiger partial charge in [-0.25, -0.2) is 18.5 Å². The lowest BCUT2D eigenvalue weighted by Gasteiger charge is -2.14. The number of H-pyrrole nitrogens is 1. The van der Waals surface area contributed by atoms with Crippen LogP contribution in [-0.2, 0) is 14.8 Å². The van der Waals surface area contributed by atoms with Gasteiger partial charge in [-0.15, -0.1) is 0 Å². The van der Waals surface area contributed by atoms with Gasteiger partial charge in [0.15, 0.2) is 5.16 Å². The molecule has 2 rings (SSSR count). The number of hydrogen-bond acceptors (Lipinski definition) is 7. The fourth-order valence-electron chi connectivity index (χ4n) is 1.92. The van der Waals surface area contributed by atoms with Crippen LogP contribution in [0, 0.1) is 0 Å². The number of nitrogens with zero attached hydrogens (tertiary/aromatic N) is 1. The van der Waals surface area contributed by atoms with E-state index in [9.17, 15) is 18.0 Å². The summed E-state index contributed by atoms with van der Waals surface area (Å²) in [6, 6.07) is 6.63. The standard InChI is InChI=1S/C14H17N5O4S2/c1-2-10(24-14-18-11(15)7-12(20)19-14)13(21)17-8-3-5-9(6-4-8)25(16,22)23/h3-7,10H,2H2,1H3,(H,17,21)(H2,16,22,23)(H3,15,18,19,20)/t10-/m1/s1. The summed E-state index contributed by atoms with van der Waals surface area (Å²) in [6.07, 6.45) is 0.476. The number of amides is 1. The van der Waals surface area contributed by atoms with E-state index in [-0.39, 0.29) is 21.8 Å². The van der Waals surface area contributed by atoms with Crippen molar-refractivity contribution in [1.82, 2.24) is 9.97 Å². The van der Waals surface area contributed by atoms with E-state index in [2.05, 4.69) is 15.3 Å². The highest BCUT2D eigenvalue weighted by molar-refractivity contribution is 8.00. The lowest BCUT2D eigenvalue weighted by Crippen LogP contribution is -2.25. The highest BCUT2D eigenvalue weighted by atomic mass is 32.2. The van der Waals surface area contributed by atoms with E-state index in [1.54, 1.807) is 0 Å². The van der Waals surface area contributed by atoms with Gasteiger partial charge in [0.05, 0.1) is 10.1 Å². The summed E-state index contributed by atoms with van der Waals surface area (Å²) in [5.41, 5.74) is 5.54. The quantitative estimate of drug-likeness (QED) is 0.417. The lowest BCUT2D eigenvalue weighted by molar-refractivity contribution is -0.115. The number of thioether (sulfide) groups is 1. The molecule has 2 aromatic rings. The second-order valence-corrected chi connectivity index (χ2v) is 7.80. The van der Waals surface area contributed by atoms with Gasteiger partial charge in [-0.3, -0.25) is 9.59 Å². The van der Waals surface area contributed by atoms with E-state index in [1.807, 2.05) is 6.92 Å². The van der Waals surface area contributed by atoms with Crippen LogP contribution in [0.15, 0.2) is 45.2 Å². The number of aromatic amines is 1. The summed E-state index contributed by atoms with van der Waals surface area (Å²) in [5.74, 6) is -0.249. The fraction of sp³-hybridized carbons (Fsp3) is 0.214. The van der Waals surface area contributed by atoms with E-state index < -0.39 is 20.8 Å². The van der Waals surface area contributed by atoms with Crippen LogP contribution in [0.25, 0.3) is 0 Å². The maximum Gasteiger partial charge on any atom is 0.253 e. The number of primary sulfonamides is 1. The van der Waals surface area contributed by atoms with Crippen molar-refractivity contribution in [2.45, 2.75) is 28.6 Å². The molecule has 6 N–H and O–H groups in total. The monoisotopic (exact) mass is 383 g/mol. The van der Waals surface area contributed by atoms with Crippen LogP contribution < -0.4 is 21.7 Å². The van der Waals surface area contributed by atoms with Crippen LogP contribution in [0.5, 0.6) is 0 Å². The second kappa shape index (κ2) is 7.68. The molecule has 9 nitrogen and oxygen atoms in total. The Labute approximate surface area is 148 Å². The first-order chi connectivity index (χ1) is 11.7. The molecular formula is C14H17N5O4S2. The number of sulfonamides is 1. The lowest BCUT2D eigenvalue weighted by atomic mass is 10.3. The SMILES string of the molecule is CC[C@@H](Sc1nc(N)cc(=O)[nH]1)C(=O)Nc1ccc(S(N)(=O)=O)cc1. The first kappa shape index (κ1) is 19.0. The summed E-state index contributed by atoms with van der Waals surface area (Å²) >= 11 is 1.08. The second-order valence-electron chi connectivity index (χ2n) is 5.05. The van der Waals surface area contributed by atoms with E-state index in [1.165, 1.54) is 24.3 Å². The zero-order chi connectivity index (χ0) is 18.6. The topological polar surface area (TPSA) is 161 Å². The molecule has 0 aliphatic carbocycles. The summed E-state index contributed by atoms with van der Waals surface area (Å²) in [5, 5.41) is 7.42. The summed E-state index contributed by atoms with van der Waals surface area (Å²) < 4.78 is 22.4. The number of nitrogens with two attached hydrogens (primary N) is 2. The minimum atomic E-state index is -3.79. The van der Waals surface area contributed by atoms with E-state index in [0.29, 0.717) is 12.1 Å². The zero-order valence-corrected chi connectivity index (χ0v) is 14.9. The van der Waals surface area contributed by atoms with E-state index >= 15 is 0 Å². The van der Waals surface area contributed by atoms with Crippen LogP contribution in [0.4, 0.5) is 11.5 Å². The Morgan fingerprint density at radius 2 is 2.00 bits per heavy atom. The number of hydrogen-bond donors (Lipinski definition) is 4. The van der Waals surface area contributed by atoms with Crippen molar-refractivity contribution in [2.75, 3.05) is 11.1 Å². The number of carbonyl (C=O) groups is 1. The number of nitrogen functional groups attached to an aromatic ring is 1. The Morgan fingerprint density at radius 3 is 2.52 bits per heavy atom. The molecule has 1 aromatic carbocycles. The van der Waals surface area contributed by atoms with Gasteiger partial charge in [0.25, 0.3) is 5.56 Å². The third-order valence-corrected chi connectivity index (χ3v) is 5.29. The normalized spacial score (nSPS) is 12.6. The molecule has 0 unspecified atom stereocenters. The van der Waals surface area contributed by atoms with Crippen LogP contribution in [-0.4, -0.2) is 29.5 Å². The summed E-state index contributed by atoms with van der Waals surface area (Å²) in [4.78, 5) is 30.2. The zero-order valence-electron chi connectivity index (χ0n) is 13.2. The molecule has 0 bridgehead atoms. The van der Waals surface area contributed by atoms with E-state index in [0.717, 1.165) is 17.8 Å². The number of nitrogens with one attached hydrogen (secondary N) is 2. The Morgan fingerprint density at radius 1 is 1.36 bits per heavy atom. The van der Waals surface area contributed by atoms with Gasteiger partial charge in [0.1, 0.15) is 5.82 Å². The van der Waals surface area contributed by atoms with Crippen molar-refractivity contribution in [3.8, 4) is 0 Å². The molecule has 0 saturated heterocycles. The molecule has 0 radical (unpaired) electrons. The van der Waals surface area contributed by atoms with Gasteiger partial charge < -0.3 is 16.0 Å². The molecule has 0 spiro atoms. The molecule has 0 aliphatic rings. The van der Waals surface area contributed by atoms with E-state index in [4.69, 9.17) is 10.9 Å².